The lowest BCUT2D eigenvalue weighted by Gasteiger charge is -2.48. The van der Waals surface area contributed by atoms with E-state index in [2.05, 4.69) is 10.6 Å². The van der Waals surface area contributed by atoms with Gasteiger partial charge in [0.1, 0.15) is 35.8 Å². The molecule has 1 saturated heterocycles. The van der Waals surface area contributed by atoms with Gasteiger partial charge < -0.3 is 62.1 Å². The van der Waals surface area contributed by atoms with Crippen molar-refractivity contribution in [1.29, 1.82) is 5.41 Å². The number of ether oxygens (including phenoxy) is 4. The number of rotatable bonds is 7. The van der Waals surface area contributed by atoms with Crippen LogP contribution in [0.4, 0.5) is 0 Å². The van der Waals surface area contributed by atoms with Crippen molar-refractivity contribution in [3.05, 3.63) is 11.8 Å². The van der Waals surface area contributed by atoms with Gasteiger partial charge in [0.2, 0.25) is 0 Å². The fraction of sp³-hybridized carbons (Fsp3) is 0.850. The fourth-order valence-corrected chi connectivity index (χ4v) is 4.58. The first-order valence-corrected chi connectivity index (χ1v) is 11.2. The molecule has 1 saturated carbocycles. The molecule has 2 fully saturated rings. The van der Waals surface area contributed by atoms with Crippen molar-refractivity contribution in [2.45, 2.75) is 86.9 Å². The summed E-state index contributed by atoms with van der Waals surface area (Å²) >= 11 is 0. The van der Waals surface area contributed by atoms with Crippen LogP contribution in [0.25, 0.3) is 0 Å². The lowest BCUT2D eigenvalue weighted by molar-refractivity contribution is -0.302. The summed E-state index contributed by atoms with van der Waals surface area (Å²) in [4.78, 5) is 0. The summed E-state index contributed by atoms with van der Waals surface area (Å²) in [6.07, 6.45) is -2.49. The molecule has 12 N–H and O–H groups in total. The summed E-state index contributed by atoms with van der Waals surface area (Å²) in [6, 6.07) is -1.89. The Bertz CT molecular complexity index is 710. The number of nitrogens with one attached hydrogen (secondary N) is 3. The molecule has 2 aliphatic heterocycles. The maximum atomic E-state index is 11.0. The van der Waals surface area contributed by atoms with E-state index in [1.54, 1.807) is 14.0 Å². The van der Waals surface area contributed by atoms with Crippen LogP contribution in [0.15, 0.2) is 11.8 Å². The van der Waals surface area contributed by atoms with E-state index in [4.69, 9.17) is 41.6 Å². The van der Waals surface area contributed by atoms with E-state index in [0.717, 1.165) is 0 Å². The fourth-order valence-electron chi connectivity index (χ4n) is 4.58. The molecular weight excluding hydrogens is 436 g/mol. The van der Waals surface area contributed by atoms with E-state index < -0.39 is 60.7 Å². The molecule has 0 aromatic carbocycles. The summed E-state index contributed by atoms with van der Waals surface area (Å²) in [5.41, 5.74) is 16.5. The molecule has 0 amide bonds. The monoisotopic (exact) mass is 474 g/mol. The van der Waals surface area contributed by atoms with Crippen LogP contribution >= 0.6 is 0 Å². The van der Waals surface area contributed by atoms with E-state index in [1.165, 1.54) is 0 Å². The second-order valence-corrected chi connectivity index (χ2v) is 9.11. The van der Waals surface area contributed by atoms with Crippen LogP contribution in [0.3, 0.4) is 0 Å². The molecule has 10 atom stereocenters. The van der Waals surface area contributed by atoms with Crippen LogP contribution in [0, 0.1) is 5.41 Å². The maximum absolute atomic E-state index is 11.0. The van der Waals surface area contributed by atoms with Gasteiger partial charge in [-0.15, -0.1) is 0 Å². The summed E-state index contributed by atoms with van der Waals surface area (Å²) in [5, 5.41) is 44.9. The van der Waals surface area contributed by atoms with Crippen LogP contribution < -0.4 is 27.8 Å². The zero-order chi connectivity index (χ0) is 24.3. The summed E-state index contributed by atoms with van der Waals surface area (Å²) < 4.78 is 23.3. The van der Waals surface area contributed by atoms with Gasteiger partial charge in [0.25, 0.3) is 0 Å². The third kappa shape index (κ3) is 6.12. The van der Waals surface area contributed by atoms with Gasteiger partial charge in [-0.25, -0.2) is 0 Å². The first-order valence-electron chi connectivity index (χ1n) is 11.2. The lowest BCUT2D eigenvalue weighted by atomic mass is 9.84. The zero-order valence-corrected chi connectivity index (χ0v) is 19.0. The highest BCUT2D eigenvalue weighted by Gasteiger charge is 2.50. The molecule has 0 aromatic heterocycles. The first kappa shape index (κ1) is 26.1. The highest BCUT2D eigenvalue weighted by molar-refractivity contribution is 5.74. The SMILES string of the molecule is CN[C@@H]1[C@@H](O)[C@@H](O[C@@H]2[C@@H](O)[C@H](O[C@@H]3CCC=C(CNC(=N)N)O3)[C@@H](N)C[C@H]2N)OC[C@]1(C)O. The Morgan fingerprint density at radius 1 is 1.24 bits per heavy atom. The third-order valence-corrected chi connectivity index (χ3v) is 6.31. The number of guanidine groups is 1. The number of aliphatic hydroxyl groups is 3. The largest absolute Gasteiger partial charge is 0.468 e. The molecule has 3 rings (SSSR count). The van der Waals surface area contributed by atoms with Crippen molar-refractivity contribution >= 4 is 5.96 Å². The third-order valence-electron chi connectivity index (χ3n) is 6.31. The Hall–Kier alpha value is -1.55. The van der Waals surface area contributed by atoms with Crippen LogP contribution in [-0.4, -0.2) is 102 Å². The first-order chi connectivity index (χ1) is 15.5. The molecule has 3 aliphatic rings. The van der Waals surface area contributed by atoms with Crippen molar-refractivity contribution in [3.8, 4) is 0 Å². The summed E-state index contributed by atoms with van der Waals surface area (Å²) in [5.74, 6) is 0.407. The molecule has 190 valence electrons. The highest BCUT2D eigenvalue weighted by atomic mass is 16.7. The van der Waals surface area contributed by atoms with Gasteiger partial charge >= 0.3 is 0 Å². The van der Waals surface area contributed by atoms with E-state index in [0.29, 0.717) is 25.0 Å². The predicted octanol–water partition coefficient (Wildman–Crippen LogP) is -3.26. The van der Waals surface area contributed by atoms with Crippen LogP contribution in [0.1, 0.15) is 26.2 Å². The Balaban J connectivity index is 1.63. The molecule has 13 heteroatoms. The molecule has 0 unspecified atom stereocenters. The highest BCUT2D eigenvalue weighted by Crippen LogP contribution is 2.31. The number of nitrogens with two attached hydrogens (primary N) is 3. The van der Waals surface area contributed by atoms with Gasteiger partial charge in [0, 0.05) is 18.5 Å². The van der Waals surface area contributed by atoms with Crippen molar-refractivity contribution in [2.75, 3.05) is 20.2 Å². The van der Waals surface area contributed by atoms with E-state index in [9.17, 15) is 15.3 Å². The number of allylic oxidation sites excluding steroid dienone is 1. The van der Waals surface area contributed by atoms with E-state index in [1.807, 2.05) is 6.08 Å². The van der Waals surface area contributed by atoms with Crippen molar-refractivity contribution in [1.82, 2.24) is 10.6 Å². The van der Waals surface area contributed by atoms with E-state index in [-0.39, 0.29) is 19.1 Å². The average Bonchev–Trinajstić information content (AvgIpc) is 2.74. The standard InChI is InChI=1S/C20H38N6O7/c1-20(29)8-30-18(14(28)17(20)25-2)33-16-11(22)6-10(21)15(13(16)27)32-12-5-3-4-9(31-12)7-26-19(23)24/h4,10-18,25,27-29H,3,5-8,21-22H2,1-2H3,(H4,23,24,26)/t10-,11+,12+,13-,14+,15+,16-,17+,18+,20-/m0/s1. The second-order valence-electron chi connectivity index (χ2n) is 9.11. The number of hydrogen-bond donors (Lipinski definition) is 9. The minimum Gasteiger partial charge on any atom is -0.468 e. The quantitative estimate of drug-likeness (QED) is 0.131. The van der Waals surface area contributed by atoms with E-state index >= 15 is 0 Å². The number of hydrogen-bond acceptors (Lipinski definition) is 11. The Kier molecular flexibility index (Phi) is 8.53. The average molecular weight is 475 g/mol. The van der Waals surface area contributed by atoms with Gasteiger partial charge in [-0.05, 0) is 32.9 Å². The Morgan fingerprint density at radius 2 is 1.91 bits per heavy atom. The van der Waals surface area contributed by atoms with Gasteiger partial charge in [-0.3, -0.25) is 5.41 Å². The predicted molar refractivity (Wildman–Crippen MR) is 118 cm³/mol. The molecule has 0 bridgehead atoms. The van der Waals surface area contributed by atoms with Crippen LogP contribution in [0.5, 0.6) is 0 Å². The molecule has 0 aromatic rings. The smallest absolute Gasteiger partial charge is 0.200 e. The van der Waals surface area contributed by atoms with Crippen LogP contribution in [0.2, 0.25) is 0 Å². The van der Waals surface area contributed by atoms with Crippen LogP contribution in [-0.2, 0) is 18.9 Å². The molecule has 1 aliphatic carbocycles. The second kappa shape index (κ2) is 10.8. The Morgan fingerprint density at radius 3 is 2.55 bits per heavy atom. The molecule has 2 heterocycles. The lowest BCUT2D eigenvalue weighted by Crippen LogP contribution is -2.68. The summed E-state index contributed by atoms with van der Waals surface area (Å²) in [6.45, 7) is 1.73. The number of aliphatic hydroxyl groups excluding tert-OH is 2. The molecular formula is C20H38N6O7. The van der Waals surface area contributed by atoms with Gasteiger partial charge in [-0.1, -0.05) is 0 Å². The molecule has 0 radical (unpaired) electrons. The van der Waals surface area contributed by atoms with Gasteiger partial charge in [-0.2, -0.15) is 0 Å². The molecule has 13 nitrogen and oxygen atoms in total. The summed E-state index contributed by atoms with van der Waals surface area (Å²) in [7, 11) is 1.62. The van der Waals surface area contributed by atoms with Gasteiger partial charge in [0.05, 0.1) is 19.2 Å². The number of likely N-dealkylation sites (N-methyl/N-ethyl adjacent to an activating group) is 1. The van der Waals surface area contributed by atoms with Gasteiger partial charge in [0.15, 0.2) is 18.5 Å². The maximum Gasteiger partial charge on any atom is 0.200 e. The van der Waals surface area contributed by atoms with Crippen molar-refractivity contribution < 1.29 is 34.3 Å². The van der Waals surface area contributed by atoms with Crippen molar-refractivity contribution in [3.63, 3.8) is 0 Å². The normalized spacial score (nSPS) is 44.0. The minimum atomic E-state index is -1.30. The zero-order valence-electron chi connectivity index (χ0n) is 19.0. The Labute approximate surface area is 193 Å². The topological polar surface area (TPSA) is 224 Å². The molecule has 0 spiro atoms. The van der Waals surface area contributed by atoms with Crippen molar-refractivity contribution in [2.24, 2.45) is 17.2 Å². The molecule has 33 heavy (non-hydrogen) atoms. The minimum absolute atomic E-state index is 0.0724.